The van der Waals surface area contributed by atoms with Gasteiger partial charge in [-0.25, -0.2) is 4.79 Å². The first-order valence-electron chi connectivity index (χ1n) is 4.86. The number of esters is 1. The van der Waals surface area contributed by atoms with Crippen LogP contribution in [0.5, 0.6) is 5.75 Å². The van der Waals surface area contributed by atoms with Gasteiger partial charge in [0, 0.05) is 3.57 Å². The molecule has 0 aliphatic carbocycles. The van der Waals surface area contributed by atoms with E-state index >= 15 is 0 Å². The van der Waals surface area contributed by atoms with Crippen LogP contribution in [0.15, 0.2) is 36.4 Å². The van der Waals surface area contributed by atoms with Crippen LogP contribution in [0.4, 0.5) is 0 Å². The van der Waals surface area contributed by atoms with Crippen LogP contribution in [-0.2, 0) is 9.53 Å². The van der Waals surface area contributed by atoms with Gasteiger partial charge in [0.15, 0.2) is 0 Å². The molecule has 1 rings (SSSR count). The summed E-state index contributed by atoms with van der Waals surface area (Å²) < 4.78 is 11.3. The van der Waals surface area contributed by atoms with E-state index in [1.165, 1.54) is 0 Å². The molecule has 4 heteroatoms. The monoisotopic (exact) mass is 332 g/mol. The summed E-state index contributed by atoms with van der Waals surface area (Å²) in [7, 11) is 0. The Morgan fingerprint density at radius 1 is 1.38 bits per heavy atom. The van der Waals surface area contributed by atoms with Gasteiger partial charge < -0.3 is 9.47 Å². The molecule has 86 valence electrons. The fourth-order valence-corrected chi connectivity index (χ4v) is 1.35. The van der Waals surface area contributed by atoms with Crippen molar-refractivity contribution in [2.45, 2.75) is 6.92 Å². The Labute approximate surface area is 109 Å². The molecule has 0 amide bonds. The number of carbonyl (C=O) groups excluding carboxylic acids is 1. The van der Waals surface area contributed by atoms with Crippen molar-refractivity contribution < 1.29 is 14.3 Å². The van der Waals surface area contributed by atoms with E-state index in [1.54, 1.807) is 6.92 Å². The molecule has 0 aliphatic heterocycles. The van der Waals surface area contributed by atoms with Crippen molar-refractivity contribution in [1.82, 2.24) is 0 Å². The zero-order valence-electron chi connectivity index (χ0n) is 9.03. The minimum atomic E-state index is -0.409. The number of benzene rings is 1. The molecule has 0 aliphatic rings. The molecule has 0 saturated carbocycles. The van der Waals surface area contributed by atoms with Gasteiger partial charge in [-0.1, -0.05) is 6.58 Å². The van der Waals surface area contributed by atoms with Crippen molar-refractivity contribution >= 4 is 28.6 Å². The largest absolute Gasteiger partial charge is 0.489 e. The van der Waals surface area contributed by atoms with E-state index in [0.29, 0.717) is 17.9 Å². The third-order valence-corrected chi connectivity index (χ3v) is 2.51. The van der Waals surface area contributed by atoms with Crippen LogP contribution in [0.25, 0.3) is 0 Å². The first kappa shape index (κ1) is 13.0. The van der Waals surface area contributed by atoms with Crippen molar-refractivity contribution in [1.29, 1.82) is 0 Å². The highest BCUT2D eigenvalue weighted by Gasteiger charge is 2.08. The summed E-state index contributed by atoms with van der Waals surface area (Å²) in [5.41, 5.74) is 0.320. The molecule has 0 atom stereocenters. The highest BCUT2D eigenvalue weighted by atomic mass is 127. The van der Waals surface area contributed by atoms with E-state index in [9.17, 15) is 4.79 Å². The number of hydrogen-bond acceptors (Lipinski definition) is 3. The first-order valence-corrected chi connectivity index (χ1v) is 5.94. The van der Waals surface area contributed by atoms with Gasteiger partial charge >= 0.3 is 5.97 Å². The van der Waals surface area contributed by atoms with Gasteiger partial charge in [0.1, 0.15) is 12.4 Å². The van der Waals surface area contributed by atoms with E-state index in [4.69, 9.17) is 9.47 Å². The molecule has 1 aromatic rings. The number of hydrogen-bond donors (Lipinski definition) is 0. The Morgan fingerprint density at radius 2 is 2.00 bits per heavy atom. The zero-order valence-corrected chi connectivity index (χ0v) is 11.2. The predicted molar refractivity (Wildman–Crippen MR) is 70.4 cm³/mol. The molecule has 0 spiro atoms. The average molecular weight is 332 g/mol. The van der Waals surface area contributed by atoms with E-state index in [2.05, 4.69) is 29.2 Å². The molecular weight excluding hydrogens is 319 g/mol. The zero-order chi connectivity index (χ0) is 12.0. The van der Waals surface area contributed by atoms with Crippen molar-refractivity contribution in [2.75, 3.05) is 13.2 Å². The van der Waals surface area contributed by atoms with Gasteiger partial charge in [0.05, 0.1) is 12.2 Å². The summed E-state index contributed by atoms with van der Waals surface area (Å²) in [6, 6.07) is 7.56. The number of halogens is 1. The van der Waals surface area contributed by atoms with Gasteiger partial charge in [-0.05, 0) is 53.8 Å². The molecule has 3 nitrogen and oxygen atoms in total. The van der Waals surface area contributed by atoms with Crippen LogP contribution in [0.3, 0.4) is 0 Å². The molecule has 0 unspecified atom stereocenters. The van der Waals surface area contributed by atoms with Crippen LogP contribution >= 0.6 is 22.6 Å². The number of carbonyl (C=O) groups is 1. The third-order valence-electron chi connectivity index (χ3n) is 1.79. The Balaban J connectivity index is 2.42. The van der Waals surface area contributed by atoms with Crippen LogP contribution in [0.1, 0.15) is 6.92 Å². The highest BCUT2D eigenvalue weighted by molar-refractivity contribution is 14.1. The summed E-state index contributed by atoms with van der Waals surface area (Å²) in [5, 5.41) is 0. The quantitative estimate of drug-likeness (QED) is 0.473. The van der Waals surface area contributed by atoms with Gasteiger partial charge in [0.25, 0.3) is 0 Å². The fraction of sp³-hybridized carbons (Fsp3) is 0.250. The second-order valence-corrected chi connectivity index (χ2v) is 4.31. The maximum atomic E-state index is 11.2. The van der Waals surface area contributed by atoms with E-state index in [-0.39, 0.29) is 6.61 Å². The van der Waals surface area contributed by atoms with Crippen LogP contribution in [-0.4, -0.2) is 19.2 Å². The normalized spacial score (nSPS) is 9.62. The summed E-state index contributed by atoms with van der Waals surface area (Å²) >= 11 is 2.21. The Bertz CT molecular complexity index is 370. The number of rotatable bonds is 5. The summed E-state index contributed by atoms with van der Waals surface area (Å²) in [6.07, 6.45) is 0. The second kappa shape index (κ2) is 6.52. The Kier molecular flexibility index (Phi) is 5.31. The topological polar surface area (TPSA) is 35.5 Å². The lowest BCUT2D eigenvalue weighted by Crippen LogP contribution is -2.13. The van der Waals surface area contributed by atoms with Crippen LogP contribution < -0.4 is 4.74 Å². The molecule has 0 N–H and O–H groups in total. The lowest BCUT2D eigenvalue weighted by atomic mass is 10.3. The Morgan fingerprint density at radius 3 is 2.56 bits per heavy atom. The van der Waals surface area contributed by atoms with Crippen LogP contribution in [0.2, 0.25) is 0 Å². The summed E-state index contributed by atoms with van der Waals surface area (Å²) in [4.78, 5) is 11.2. The minimum Gasteiger partial charge on any atom is -0.489 e. The summed E-state index contributed by atoms with van der Waals surface area (Å²) in [5.74, 6) is 0.305. The third kappa shape index (κ3) is 4.22. The first-order chi connectivity index (χ1) is 7.63. The van der Waals surface area contributed by atoms with E-state index < -0.39 is 5.97 Å². The van der Waals surface area contributed by atoms with E-state index in [0.717, 1.165) is 3.57 Å². The van der Waals surface area contributed by atoms with Crippen LogP contribution in [0, 0.1) is 3.57 Å². The number of ether oxygens (including phenoxy) is 2. The molecule has 1 aromatic carbocycles. The molecule has 0 heterocycles. The van der Waals surface area contributed by atoms with Gasteiger partial charge in [-0.15, -0.1) is 0 Å². The van der Waals surface area contributed by atoms with Gasteiger partial charge in [-0.2, -0.15) is 0 Å². The minimum absolute atomic E-state index is 0.152. The lowest BCUT2D eigenvalue weighted by Gasteiger charge is -2.07. The molecular formula is C12H13IO3. The second-order valence-electron chi connectivity index (χ2n) is 3.07. The van der Waals surface area contributed by atoms with Crippen molar-refractivity contribution in [3.05, 3.63) is 40.0 Å². The SMILES string of the molecule is C=C(COc1ccc(I)cc1)C(=O)OCC. The molecule has 0 radical (unpaired) electrons. The highest BCUT2D eigenvalue weighted by Crippen LogP contribution is 2.14. The van der Waals surface area contributed by atoms with Gasteiger partial charge in [0.2, 0.25) is 0 Å². The molecule has 0 aromatic heterocycles. The smallest absolute Gasteiger partial charge is 0.336 e. The molecule has 0 saturated heterocycles. The van der Waals surface area contributed by atoms with Crippen molar-refractivity contribution in [2.24, 2.45) is 0 Å². The van der Waals surface area contributed by atoms with Crippen molar-refractivity contribution in [3.63, 3.8) is 0 Å². The molecule has 0 bridgehead atoms. The molecule has 16 heavy (non-hydrogen) atoms. The maximum Gasteiger partial charge on any atom is 0.336 e. The molecule has 0 fully saturated rings. The fourth-order valence-electron chi connectivity index (χ4n) is 0.993. The van der Waals surface area contributed by atoms with E-state index in [1.807, 2.05) is 24.3 Å². The summed E-state index contributed by atoms with van der Waals surface area (Å²) in [6.45, 7) is 5.86. The van der Waals surface area contributed by atoms with Gasteiger partial charge in [-0.3, -0.25) is 0 Å². The average Bonchev–Trinajstić information content (AvgIpc) is 2.28. The lowest BCUT2D eigenvalue weighted by molar-refractivity contribution is -0.138. The Hall–Kier alpha value is -1.04. The van der Waals surface area contributed by atoms with Crippen molar-refractivity contribution in [3.8, 4) is 5.75 Å². The maximum absolute atomic E-state index is 11.2. The predicted octanol–water partition coefficient (Wildman–Crippen LogP) is 2.79. The standard InChI is InChI=1S/C12H13IO3/c1-3-15-12(14)9(2)8-16-11-6-4-10(13)5-7-11/h4-7H,2-3,8H2,1H3.